The van der Waals surface area contributed by atoms with Crippen LogP contribution < -0.4 is 5.56 Å². The number of aromatic nitrogens is 4. The number of thioether (sulfide) groups is 1. The Balaban J connectivity index is 2.01. The molecule has 3 rings (SSSR count). The molecule has 1 atom stereocenters. The summed E-state index contributed by atoms with van der Waals surface area (Å²) in [5, 5.41) is 1.66. The van der Waals surface area contributed by atoms with Crippen molar-refractivity contribution in [2.24, 2.45) is 7.05 Å². The van der Waals surface area contributed by atoms with E-state index in [2.05, 4.69) is 15.0 Å². The molecule has 1 N–H and O–H groups in total. The Morgan fingerprint density at radius 3 is 2.86 bits per heavy atom. The summed E-state index contributed by atoms with van der Waals surface area (Å²) in [7, 11) is 1.95. The number of H-pyrrole nitrogens is 1. The van der Waals surface area contributed by atoms with Crippen LogP contribution in [0.3, 0.4) is 0 Å². The van der Waals surface area contributed by atoms with Crippen LogP contribution in [0.1, 0.15) is 28.4 Å². The highest BCUT2D eigenvalue weighted by Gasteiger charge is 2.17. The first-order chi connectivity index (χ1) is 9.97. The maximum atomic E-state index is 12.3. The summed E-state index contributed by atoms with van der Waals surface area (Å²) < 4.78 is 1.96. The predicted octanol–water partition coefficient (Wildman–Crippen LogP) is 3.19. The van der Waals surface area contributed by atoms with Crippen molar-refractivity contribution >= 4 is 33.3 Å². The zero-order valence-electron chi connectivity index (χ0n) is 12.3. The maximum Gasteiger partial charge on any atom is 0.259 e. The summed E-state index contributed by atoms with van der Waals surface area (Å²) in [6.07, 6.45) is 3.67. The lowest BCUT2D eigenvalue weighted by molar-refractivity contribution is 0.783. The summed E-state index contributed by atoms with van der Waals surface area (Å²) >= 11 is 3.16. The molecule has 0 saturated carbocycles. The molecule has 0 fully saturated rings. The van der Waals surface area contributed by atoms with Crippen LogP contribution in [0.25, 0.3) is 10.2 Å². The lowest BCUT2D eigenvalue weighted by Crippen LogP contribution is -2.12. The quantitative estimate of drug-likeness (QED) is 0.753. The molecule has 21 heavy (non-hydrogen) atoms. The minimum Gasteiger partial charge on any atom is -0.329 e. The number of nitrogens with zero attached hydrogens (tertiary/aromatic N) is 3. The van der Waals surface area contributed by atoms with Crippen molar-refractivity contribution in [1.29, 1.82) is 0 Å². The van der Waals surface area contributed by atoms with Gasteiger partial charge >= 0.3 is 0 Å². The number of fused-ring (bicyclic) bond motifs is 1. The van der Waals surface area contributed by atoms with Crippen LogP contribution in [0, 0.1) is 13.8 Å². The van der Waals surface area contributed by atoms with Gasteiger partial charge < -0.3 is 9.55 Å². The van der Waals surface area contributed by atoms with Gasteiger partial charge in [0.2, 0.25) is 0 Å². The Kier molecular flexibility index (Phi) is 3.62. The standard InChI is InChI=1S/C14H16N4OS2/c1-7-8(2)20-13-10(7)12(19)16-11(17-13)9(3)21-14-15-5-6-18(14)4/h5-6,9H,1-4H3,(H,16,17,19). The zero-order chi connectivity index (χ0) is 15.1. The normalized spacial score (nSPS) is 13.0. The first-order valence-electron chi connectivity index (χ1n) is 6.61. The second-order valence-electron chi connectivity index (χ2n) is 5.00. The number of nitrogens with one attached hydrogen (secondary N) is 1. The lowest BCUT2D eigenvalue weighted by atomic mass is 10.2. The molecule has 5 nitrogen and oxygen atoms in total. The fourth-order valence-corrected chi connectivity index (χ4v) is 4.07. The molecule has 0 aliphatic carbocycles. The van der Waals surface area contributed by atoms with Gasteiger partial charge in [0.1, 0.15) is 10.7 Å². The highest BCUT2D eigenvalue weighted by molar-refractivity contribution is 7.99. The van der Waals surface area contributed by atoms with Gasteiger partial charge in [0, 0.05) is 24.3 Å². The van der Waals surface area contributed by atoms with Crippen LogP contribution in [0.5, 0.6) is 0 Å². The molecule has 110 valence electrons. The molecule has 0 bridgehead atoms. The molecule has 3 aromatic rings. The van der Waals surface area contributed by atoms with E-state index in [-0.39, 0.29) is 10.8 Å². The molecule has 1 unspecified atom stereocenters. The SMILES string of the molecule is Cc1sc2nc(C(C)Sc3nccn3C)[nH]c(=O)c2c1C. The highest BCUT2D eigenvalue weighted by atomic mass is 32.2. The topological polar surface area (TPSA) is 63.6 Å². The van der Waals surface area contributed by atoms with Gasteiger partial charge in [-0.05, 0) is 26.3 Å². The van der Waals surface area contributed by atoms with Gasteiger partial charge in [0.25, 0.3) is 5.56 Å². The van der Waals surface area contributed by atoms with Crippen LogP contribution in [0.2, 0.25) is 0 Å². The number of hydrogen-bond donors (Lipinski definition) is 1. The molecule has 0 aliphatic rings. The van der Waals surface area contributed by atoms with Crippen LogP contribution >= 0.6 is 23.1 Å². The predicted molar refractivity (Wildman–Crippen MR) is 87.2 cm³/mol. The third-order valence-corrected chi connectivity index (χ3v) is 5.78. The molecule has 0 amide bonds. The number of thiophene rings is 1. The third kappa shape index (κ3) is 2.51. The third-order valence-electron chi connectivity index (χ3n) is 3.50. The van der Waals surface area contributed by atoms with E-state index in [0.29, 0.717) is 5.82 Å². The molecule has 0 aliphatic heterocycles. The van der Waals surface area contributed by atoms with Gasteiger partial charge in [-0.3, -0.25) is 4.79 Å². The first kappa shape index (κ1) is 14.3. The van der Waals surface area contributed by atoms with E-state index in [1.54, 1.807) is 29.3 Å². The van der Waals surface area contributed by atoms with Gasteiger partial charge in [-0.25, -0.2) is 9.97 Å². The molecule has 0 saturated heterocycles. The number of aryl methyl sites for hydroxylation is 3. The summed E-state index contributed by atoms with van der Waals surface area (Å²) in [6, 6.07) is 0. The Hall–Kier alpha value is -1.60. The Morgan fingerprint density at radius 1 is 1.43 bits per heavy atom. The van der Waals surface area contributed by atoms with E-state index in [1.807, 2.05) is 38.6 Å². The summed E-state index contributed by atoms with van der Waals surface area (Å²) in [5.41, 5.74) is 0.976. The first-order valence-corrected chi connectivity index (χ1v) is 8.31. The zero-order valence-corrected chi connectivity index (χ0v) is 13.9. The van der Waals surface area contributed by atoms with E-state index in [9.17, 15) is 4.79 Å². The van der Waals surface area contributed by atoms with Crippen molar-refractivity contribution < 1.29 is 0 Å². The van der Waals surface area contributed by atoms with E-state index in [4.69, 9.17) is 0 Å². The van der Waals surface area contributed by atoms with Gasteiger partial charge in [-0.1, -0.05) is 11.8 Å². The number of aromatic amines is 1. The molecule has 0 spiro atoms. The molecule has 3 aromatic heterocycles. The fourth-order valence-electron chi connectivity index (χ4n) is 2.14. The van der Waals surface area contributed by atoms with E-state index in [1.165, 1.54) is 0 Å². The average molecular weight is 320 g/mol. The largest absolute Gasteiger partial charge is 0.329 e. The summed E-state index contributed by atoms with van der Waals surface area (Å²) in [4.78, 5) is 26.1. The van der Waals surface area contributed by atoms with Crippen molar-refractivity contribution in [2.75, 3.05) is 0 Å². The molecule has 0 radical (unpaired) electrons. The molecule has 0 aromatic carbocycles. The average Bonchev–Trinajstić information content (AvgIpc) is 2.95. The Labute approximate surface area is 130 Å². The van der Waals surface area contributed by atoms with E-state index in [0.717, 1.165) is 25.8 Å². The van der Waals surface area contributed by atoms with Crippen LogP contribution in [-0.2, 0) is 7.05 Å². The van der Waals surface area contributed by atoms with Crippen LogP contribution in [-0.4, -0.2) is 19.5 Å². The minimum atomic E-state index is -0.0517. The molecular weight excluding hydrogens is 304 g/mol. The van der Waals surface area contributed by atoms with Crippen LogP contribution in [0.4, 0.5) is 0 Å². The van der Waals surface area contributed by atoms with Crippen LogP contribution in [0.15, 0.2) is 22.3 Å². The lowest BCUT2D eigenvalue weighted by Gasteiger charge is -2.10. The fraction of sp³-hybridized carbons (Fsp3) is 0.357. The van der Waals surface area contributed by atoms with Gasteiger partial charge in [-0.2, -0.15) is 0 Å². The molecule has 7 heteroatoms. The van der Waals surface area contributed by atoms with Gasteiger partial charge in [-0.15, -0.1) is 11.3 Å². The van der Waals surface area contributed by atoms with Crippen molar-refractivity contribution in [3.8, 4) is 0 Å². The second-order valence-corrected chi connectivity index (χ2v) is 7.51. The highest BCUT2D eigenvalue weighted by Crippen LogP contribution is 2.33. The Morgan fingerprint density at radius 2 is 2.19 bits per heavy atom. The number of imidazole rings is 1. The van der Waals surface area contributed by atoms with Gasteiger partial charge in [0.15, 0.2) is 5.16 Å². The Bertz CT molecular complexity index is 862. The molecular formula is C14H16N4OS2. The molecule has 3 heterocycles. The van der Waals surface area contributed by atoms with Crippen molar-refractivity contribution in [3.05, 3.63) is 39.0 Å². The summed E-state index contributed by atoms with van der Waals surface area (Å²) in [5.74, 6) is 0.696. The number of hydrogen-bond acceptors (Lipinski definition) is 5. The number of rotatable bonds is 3. The minimum absolute atomic E-state index is 0.0333. The van der Waals surface area contributed by atoms with Crippen molar-refractivity contribution in [1.82, 2.24) is 19.5 Å². The van der Waals surface area contributed by atoms with E-state index < -0.39 is 0 Å². The van der Waals surface area contributed by atoms with E-state index >= 15 is 0 Å². The maximum absolute atomic E-state index is 12.3. The summed E-state index contributed by atoms with van der Waals surface area (Å²) in [6.45, 7) is 6.01. The van der Waals surface area contributed by atoms with Crippen molar-refractivity contribution in [2.45, 2.75) is 31.2 Å². The smallest absolute Gasteiger partial charge is 0.259 e. The second kappa shape index (κ2) is 5.31. The van der Waals surface area contributed by atoms with Gasteiger partial charge in [0.05, 0.1) is 10.6 Å². The monoisotopic (exact) mass is 320 g/mol. The van der Waals surface area contributed by atoms with Crippen molar-refractivity contribution in [3.63, 3.8) is 0 Å².